The number of pyridine rings is 1. The van der Waals surface area contributed by atoms with E-state index in [1.165, 1.54) is 0 Å². The zero-order chi connectivity index (χ0) is 16.2. The van der Waals surface area contributed by atoms with Crippen LogP contribution in [0.15, 0.2) is 30.3 Å². The van der Waals surface area contributed by atoms with Gasteiger partial charge in [0, 0.05) is 25.1 Å². The van der Waals surface area contributed by atoms with Gasteiger partial charge in [-0.3, -0.25) is 4.79 Å². The Hall–Kier alpha value is -2.14. The highest BCUT2D eigenvalue weighted by Gasteiger charge is 2.25. The number of benzene rings is 1. The molecule has 1 aliphatic heterocycles. The number of piperidine rings is 1. The highest BCUT2D eigenvalue weighted by Crippen LogP contribution is 2.21. The van der Waals surface area contributed by atoms with Crippen LogP contribution in [0.4, 0.5) is 0 Å². The summed E-state index contributed by atoms with van der Waals surface area (Å²) in [6.45, 7) is 4.09. The molecular weight excluding hydrogens is 292 g/mol. The molecule has 2 aromatic rings. The van der Waals surface area contributed by atoms with Crippen LogP contribution in [0.1, 0.15) is 30.3 Å². The van der Waals surface area contributed by atoms with Crippen molar-refractivity contribution in [1.29, 1.82) is 0 Å². The Morgan fingerprint density at radius 1 is 1.35 bits per heavy atom. The molecule has 0 unspecified atom stereocenters. The molecule has 1 amide bonds. The number of hydrogen-bond acceptors (Lipinski definition) is 4. The normalized spacial score (nSPS) is 18.2. The molecule has 1 saturated heterocycles. The number of nitrogens with zero attached hydrogens (tertiary/aromatic N) is 2. The second-order valence-electron chi connectivity index (χ2n) is 5.73. The van der Waals surface area contributed by atoms with Crippen LogP contribution in [0.3, 0.4) is 0 Å². The maximum absolute atomic E-state index is 12.7. The summed E-state index contributed by atoms with van der Waals surface area (Å²) in [6.07, 6.45) is 2.13. The van der Waals surface area contributed by atoms with Crippen LogP contribution >= 0.6 is 0 Å². The molecule has 0 aliphatic carbocycles. The topological polar surface area (TPSA) is 51.7 Å². The molecule has 0 bridgehead atoms. The Morgan fingerprint density at radius 3 is 3.00 bits per heavy atom. The predicted octanol–water partition coefficient (Wildman–Crippen LogP) is 2.88. The third-order valence-electron chi connectivity index (χ3n) is 4.18. The van der Waals surface area contributed by atoms with Crippen LogP contribution in [-0.2, 0) is 4.74 Å². The zero-order valence-corrected chi connectivity index (χ0v) is 13.6. The predicted molar refractivity (Wildman–Crippen MR) is 88.8 cm³/mol. The lowest BCUT2D eigenvalue weighted by atomic mass is 10.1. The number of fused-ring (bicyclic) bond motifs is 1. The van der Waals surface area contributed by atoms with Crippen LogP contribution in [0.5, 0.6) is 5.75 Å². The van der Waals surface area contributed by atoms with E-state index in [4.69, 9.17) is 9.47 Å². The van der Waals surface area contributed by atoms with Gasteiger partial charge in [-0.25, -0.2) is 4.98 Å². The average Bonchev–Trinajstić information content (AvgIpc) is 2.60. The minimum Gasteiger partial charge on any atom is -0.497 e. The molecule has 1 fully saturated rings. The van der Waals surface area contributed by atoms with E-state index in [9.17, 15) is 4.79 Å². The van der Waals surface area contributed by atoms with Crippen LogP contribution in [0.25, 0.3) is 10.9 Å². The van der Waals surface area contributed by atoms with Gasteiger partial charge in [0.1, 0.15) is 11.4 Å². The smallest absolute Gasteiger partial charge is 0.272 e. The van der Waals surface area contributed by atoms with E-state index in [2.05, 4.69) is 4.98 Å². The summed E-state index contributed by atoms with van der Waals surface area (Å²) in [6, 6.07) is 9.36. The first-order chi connectivity index (χ1) is 11.2. The zero-order valence-electron chi connectivity index (χ0n) is 13.6. The minimum absolute atomic E-state index is 0.0212. The molecule has 2 heterocycles. The SMILES string of the molecule is CCO[C@@H]1CCCN(C(=O)c2ccc3cc(OC)ccc3n2)C1. The van der Waals surface area contributed by atoms with E-state index in [0.717, 1.165) is 36.0 Å². The largest absolute Gasteiger partial charge is 0.497 e. The van der Waals surface area contributed by atoms with Gasteiger partial charge in [-0.2, -0.15) is 0 Å². The van der Waals surface area contributed by atoms with E-state index in [-0.39, 0.29) is 12.0 Å². The molecule has 0 saturated carbocycles. The number of methoxy groups -OCH3 is 1. The van der Waals surface area contributed by atoms with Gasteiger partial charge >= 0.3 is 0 Å². The first-order valence-corrected chi connectivity index (χ1v) is 8.07. The van der Waals surface area contributed by atoms with Gasteiger partial charge in [0.15, 0.2) is 0 Å². The van der Waals surface area contributed by atoms with E-state index >= 15 is 0 Å². The molecule has 1 aromatic carbocycles. The van der Waals surface area contributed by atoms with Gasteiger partial charge in [-0.1, -0.05) is 6.07 Å². The van der Waals surface area contributed by atoms with E-state index < -0.39 is 0 Å². The van der Waals surface area contributed by atoms with Crippen LogP contribution in [0.2, 0.25) is 0 Å². The molecule has 1 atom stereocenters. The summed E-state index contributed by atoms with van der Waals surface area (Å²) in [7, 11) is 1.64. The van der Waals surface area contributed by atoms with Crippen molar-refractivity contribution in [3.8, 4) is 5.75 Å². The van der Waals surface area contributed by atoms with Crippen molar-refractivity contribution >= 4 is 16.8 Å². The summed E-state index contributed by atoms with van der Waals surface area (Å²) < 4.78 is 10.9. The molecule has 0 N–H and O–H groups in total. The maximum atomic E-state index is 12.7. The summed E-state index contributed by atoms with van der Waals surface area (Å²) in [5.41, 5.74) is 1.29. The quantitative estimate of drug-likeness (QED) is 0.871. The molecule has 1 aliphatic rings. The van der Waals surface area contributed by atoms with Gasteiger partial charge in [-0.05, 0) is 44.0 Å². The number of hydrogen-bond donors (Lipinski definition) is 0. The number of amides is 1. The van der Waals surface area contributed by atoms with Crippen molar-refractivity contribution in [2.45, 2.75) is 25.9 Å². The maximum Gasteiger partial charge on any atom is 0.272 e. The first kappa shape index (κ1) is 15.7. The second-order valence-corrected chi connectivity index (χ2v) is 5.73. The Bertz CT molecular complexity index is 700. The third-order valence-corrected chi connectivity index (χ3v) is 4.18. The fraction of sp³-hybridized carbons (Fsp3) is 0.444. The third kappa shape index (κ3) is 3.45. The Balaban J connectivity index is 1.80. The number of carbonyl (C=O) groups is 1. The van der Waals surface area contributed by atoms with Crippen molar-refractivity contribution in [3.63, 3.8) is 0 Å². The molecular formula is C18H22N2O3. The summed E-state index contributed by atoms with van der Waals surface area (Å²) in [5.74, 6) is 0.765. The van der Waals surface area contributed by atoms with Gasteiger partial charge < -0.3 is 14.4 Å². The molecule has 1 aromatic heterocycles. The number of ether oxygens (including phenoxy) is 2. The van der Waals surface area contributed by atoms with Gasteiger partial charge in [0.25, 0.3) is 5.91 Å². The van der Waals surface area contributed by atoms with Crippen molar-refractivity contribution in [2.75, 3.05) is 26.8 Å². The number of rotatable bonds is 4. The average molecular weight is 314 g/mol. The van der Waals surface area contributed by atoms with Gasteiger partial charge in [0.2, 0.25) is 0 Å². The van der Waals surface area contributed by atoms with Crippen molar-refractivity contribution < 1.29 is 14.3 Å². The summed E-state index contributed by atoms with van der Waals surface area (Å²) in [5, 5.41) is 0.965. The van der Waals surface area contributed by atoms with Crippen molar-refractivity contribution in [1.82, 2.24) is 9.88 Å². The van der Waals surface area contributed by atoms with E-state index in [1.54, 1.807) is 13.2 Å². The van der Waals surface area contributed by atoms with E-state index in [1.807, 2.05) is 36.1 Å². The lowest BCUT2D eigenvalue weighted by molar-refractivity contribution is 0.00705. The molecule has 122 valence electrons. The minimum atomic E-state index is -0.0212. The number of carbonyl (C=O) groups excluding carboxylic acids is 1. The van der Waals surface area contributed by atoms with E-state index in [0.29, 0.717) is 18.8 Å². The van der Waals surface area contributed by atoms with Gasteiger partial charge in [-0.15, -0.1) is 0 Å². The molecule has 5 heteroatoms. The van der Waals surface area contributed by atoms with Crippen molar-refractivity contribution in [3.05, 3.63) is 36.0 Å². The number of aromatic nitrogens is 1. The Morgan fingerprint density at radius 2 is 2.22 bits per heavy atom. The van der Waals surface area contributed by atoms with Crippen molar-refractivity contribution in [2.24, 2.45) is 0 Å². The van der Waals surface area contributed by atoms with Crippen LogP contribution < -0.4 is 4.74 Å². The lowest BCUT2D eigenvalue weighted by Gasteiger charge is -2.32. The first-order valence-electron chi connectivity index (χ1n) is 8.07. The summed E-state index contributed by atoms with van der Waals surface area (Å²) >= 11 is 0. The standard InChI is InChI=1S/C18H22N2O3/c1-3-23-15-5-4-10-20(12-15)18(21)17-8-6-13-11-14(22-2)7-9-16(13)19-17/h6-9,11,15H,3-5,10,12H2,1-2H3/t15-/m1/s1. The highest BCUT2D eigenvalue weighted by molar-refractivity contribution is 5.95. The molecule has 0 spiro atoms. The highest BCUT2D eigenvalue weighted by atomic mass is 16.5. The second kappa shape index (κ2) is 6.96. The Labute approximate surface area is 136 Å². The monoisotopic (exact) mass is 314 g/mol. The Kier molecular flexibility index (Phi) is 4.76. The van der Waals surface area contributed by atoms with Gasteiger partial charge in [0.05, 0.1) is 18.7 Å². The fourth-order valence-electron chi connectivity index (χ4n) is 3.01. The van der Waals surface area contributed by atoms with Crippen LogP contribution in [0, 0.1) is 0 Å². The summed E-state index contributed by atoms with van der Waals surface area (Å²) in [4.78, 5) is 19.1. The lowest BCUT2D eigenvalue weighted by Crippen LogP contribution is -2.43. The number of likely N-dealkylation sites (tertiary alicyclic amines) is 1. The van der Waals surface area contributed by atoms with Crippen LogP contribution in [-0.4, -0.2) is 48.7 Å². The molecule has 5 nitrogen and oxygen atoms in total. The molecule has 3 rings (SSSR count). The fourth-order valence-corrected chi connectivity index (χ4v) is 3.01. The molecule has 23 heavy (non-hydrogen) atoms. The molecule has 0 radical (unpaired) electrons.